The highest BCUT2D eigenvalue weighted by molar-refractivity contribution is 14.1. The number of rotatable bonds is 8. The van der Waals surface area contributed by atoms with Crippen molar-refractivity contribution in [3.63, 3.8) is 0 Å². The number of thiazole rings is 1. The minimum Gasteiger partial charge on any atom is -0.456 e. The lowest BCUT2D eigenvalue weighted by molar-refractivity contribution is -0.147. The fourth-order valence-corrected chi connectivity index (χ4v) is 5.19. The number of hydrogen-bond acceptors (Lipinski definition) is 6. The van der Waals surface area contributed by atoms with E-state index >= 15 is 0 Å². The molecule has 0 unspecified atom stereocenters. The number of thioether (sulfide) groups is 1. The molecule has 0 radical (unpaired) electrons. The van der Waals surface area contributed by atoms with E-state index in [9.17, 15) is 9.59 Å². The number of nitrogens with zero attached hydrogens (tertiary/aromatic N) is 1. The number of aromatic nitrogens is 1. The summed E-state index contributed by atoms with van der Waals surface area (Å²) in [5.41, 5.74) is 2.70. The van der Waals surface area contributed by atoms with Crippen LogP contribution >= 0.6 is 45.7 Å². The van der Waals surface area contributed by atoms with Crippen molar-refractivity contribution < 1.29 is 14.3 Å². The molecular weight excluding hydrogens is 507 g/mol. The van der Waals surface area contributed by atoms with Crippen LogP contribution in [-0.2, 0) is 14.3 Å². The zero-order valence-electron chi connectivity index (χ0n) is 15.2. The number of fused-ring (bicyclic) bond motifs is 1. The Hall–Kier alpha value is -1.65. The molecule has 8 heteroatoms. The molecule has 0 aliphatic rings. The molecule has 0 fully saturated rings. The molecule has 3 rings (SSSR count). The number of halogens is 1. The first-order chi connectivity index (χ1) is 13.5. The normalized spacial score (nSPS) is 10.8. The highest BCUT2D eigenvalue weighted by Gasteiger charge is 2.10. The molecule has 0 saturated carbocycles. The Morgan fingerprint density at radius 1 is 1.25 bits per heavy atom. The van der Waals surface area contributed by atoms with E-state index in [0.717, 1.165) is 30.4 Å². The second-order valence-corrected chi connectivity index (χ2v) is 9.69. The van der Waals surface area contributed by atoms with Crippen LogP contribution in [0.1, 0.15) is 18.4 Å². The predicted molar refractivity (Wildman–Crippen MR) is 123 cm³/mol. The predicted octanol–water partition coefficient (Wildman–Crippen LogP) is 5.26. The zero-order chi connectivity index (χ0) is 19.9. The summed E-state index contributed by atoms with van der Waals surface area (Å²) in [5, 5.41) is 2.76. The summed E-state index contributed by atoms with van der Waals surface area (Å²) in [4.78, 5) is 28.3. The van der Waals surface area contributed by atoms with E-state index in [1.54, 1.807) is 23.1 Å². The van der Waals surface area contributed by atoms with E-state index in [1.165, 1.54) is 4.70 Å². The van der Waals surface area contributed by atoms with Crippen LogP contribution in [0.2, 0.25) is 0 Å². The van der Waals surface area contributed by atoms with Crippen molar-refractivity contribution in [1.29, 1.82) is 0 Å². The number of anilines is 1. The number of esters is 1. The maximum absolute atomic E-state index is 12.0. The Balaban J connectivity index is 1.34. The van der Waals surface area contributed by atoms with Gasteiger partial charge in [0.15, 0.2) is 10.9 Å². The summed E-state index contributed by atoms with van der Waals surface area (Å²) in [6.07, 6.45) is 0.963. The summed E-state index contributed by atoms with van der Waals surface area (Å²) in [7, 11) is 0. The lowest BCUT2D eigenvalue weighted by Crippen LogP contribution is -2.21. The van der Waals surface area contributed by atoms with Gasteiger partial charge >= 0.3 is 5.97 Å². The van der Waals surface area contributed by atoms with Crippen molar-refractivity contribution in [3.05, 3.63) is 51.6 Å². The minimum absolute atomic E-state index is 0.269. The maximum Gasteiger partial charge on any atom is 0.306 e. The molecule has 1 amide bonds. The molecule has 1 aromatic heterocycles. The molecule has 0 bridgehead atoms. The Morgan fingerprint density at radius 2 is 2.07 bits per heavy atom. The lowest BCUT2D eigenvalue weighted by atomic mass is 10.2. The van der Waals surface area contributed by atoms with Crippen molar-refractivity contribution in [2.45, 2.75) is 24.1 Å². The van der Waals surface area contributed by atoms with Gasteiger partial charge in [0.25, 0.3) is 5.91 Å². The summed E-state index contributed by atoms with van der Waals surface area (Å²) < 4.78 is 8.33. The number of hydrogen-bond donors (Lipinski definition) is 1. The van der Waals surface area contributed by atoms with Gasteiger partial charge in [-0.15, -0.1) is 11.3 Å². The number of nitrogens with one attached hydrogen (secondary N) is 1. The monoisotopic (exact) mass is 526 g/mol. The van der Waals surface area contributed by atoms with Crippen LogP contribution in [0.5, 0.6) is 0 Å². The largest absolute Gasteiger partial charge is 0.456 e. The van der Waals surface area contributed by atoms with Crippen LogP contribution < -0.4 is 5.32 Å². The van der Waals surface area contributed by atoms with Crippen LogP contribution in [0.15, 0.2) is 46.8 Å². The third-order valence-electron chi connectivity index (χ3n) is 3.85. The van der Waals surface area contributed by atoms with Gasteiger partial charge in [0, 0.05) is 21.4 Å². The second kappa shape index (κ2) is 10.2. The summed E-state index contributed by atoms with van der Waals surface area (Å²) in [5.74, 6) is 0.0871. The summed E-state index contributed by atoms with van der Waals surface area (Å²) in [6, 6.07) is 13.8. The van der Waals surface area contributed by atoms with Gasteiger partial charge in [-0.25, -0.2) is 4.98 Å². The maximum atomic E-state index is 12.0. The van der Waals surface area contributed by atoms with Gasteiger partial charge in [-0.2, -0.15) is 0 Å². The summed E-state index contributed by atoms with van der Waals surface area (Å²) in [6.45, 7) is 1.65. The van der Waals surface area contributed by atoms with E-state index in [0.29, 0.717) is 6.42 Å². The average molecular weight is 526 g/mol. The quantitative estimate of drug-likeness (QED) is 0.188. The fraction of sp³-hybridized carbons (Fsp3) is 0.250. The van der Waals surface area contributed by atoms with Crippen LogP contribution in [0, 0.1) is 10.5 Å². The van der Waals surface area contributed by atoms with E-state index in [1.807, 2.05) is 43.3 Å². The summed E-state index contributed by atoms with van der Waals surface area (Å²) >= 11 is 5.51. The van der Waals surface area contributed by atoms with Crippen LogP contribution in [0.25, 0.3) is 10.2 Å². The number of carbonyl (C=O) groups is 2. The smallest absolute Gasteiger partial charge is 0.306 e. The molecular formula is C20H19IN2O3S2. The third kappa shape index (κ3) is 6.18. The SMILES string of the molecule is Cc1cc(I)ccc1NC(=O)COC(=O)CCCSc1nc2ccccc2s1. The number of benzene rings is 2. The van der Waals surface area contributed by atoms with Gasteiger partial charge in [-0.1, -0.05) is 23.9 Å². The minimum atomic E-state index is -0.362. The molecule has 0 atom stereocenters. The van der Waals surface area contributed by atoms with E-state index < -0.39 is 0 Å². The van der Waals surface area contributed by atoms with Gasteiger partial charge in [0.2, 0.25) is 0 Å². The van der Waals surface area contributed by atoms with Gasteiger partial charge in [0.1, 0.15) is 0 Å². The zero-order valence-corrected chi connectivity index (χ0v) is 19.0. The van der Waals surface area contributed by atoms with Crippen LogP contribution in [-0.4, -0.2) is 29.2 Å². The van der Waals surface area contributed by atoms with E-state index in [-0.39, 0.29) is 24.9 Å². The highest BCUT2D eigenvalue weighted by Crippen LogP contribution is 2.29. The van der Waals surface area contributed by atoms with Crippen molar-refractivity contribution >= 4 is 73.5 Å². The Kier molecular flexibility index (Phi) is 7.69. The van der Waals surface area contributed by atoms with Gasteiger partial charge < -0.3 is 10.1 Å². The first kappa shape index (κ1) is 21.1. The number of ether oxygens (including phenoxy) is 1. The van der Waals surface area contributed by atoms with Crippen molar-refractivity contribution in [2.24, 2.45) is 0 Å². The molecule has 1 heterocycles. The van der Waals surface area contributed by atoms with Crippen molar-refractivity contribution in [2.75, 3.05) is 17.7 Å². The molecule has 0 aliphatic heterocycles. The van der Waals surface area contributed by atoms with Crippen molar-refractivity contribution in [3.8, 4) is 0 Å². The molecule has 0 saturated heterocycles. The second-order valence-electron chi connectivity index (χ2n) is 6.07. The fourth-order valence-electron chi connectivity index (χ4n) is 2.46. The first-order valence-electron chi connectivity index (χ1n) is 8.71. The molecule has 0 spiro atoms. The topological polar surface area (TPSA) is 68.3 Å². The average Bonchev–Trinajstić information content (AvgIpc) is 3.09. The number of para-hydroxylation sites is 1. The van der Waals surface area contributed by atoms with E-state index in [2.05, 4.69) is 39.0 Å². The van der Waals surface area contributed by atoms with Crippen LogP contribution in [0.4, 0.5) is 5.69 Å². The molecule has 5 nitrogen and oxygen atoms in total. The van der Waals surface area contributed by atoms with E-state index in [4.69, 9.17) is 4.74 Å². The van der Waals surface area contributed by atoms with Crippen molar-refractivity contribution in [1.82, 2.24) is 4.98 Å². The van der Waals surface area contributed by atoms with Crippen LogP contribution in [0.3, 0.4) is 0 Å². The standard InChI is InChI=1S/C20H19IN2O3S2/c1-13-11-14(21)8-9-15(13)22-18(24)12-26-19(25)7-4-10-27-20-23-16-5-2-3-6-17(16)28-20/h2-3,5-6,8-9,11H,4,7,10,12H2,1H3,(H,22,24). The molecule has 28 heavy (non-hydrogen) atoms. The molecule has 0 aliphatic carbocycles. The molecule has 2 aromatic carbocycles. The lowest BCUT2D eigenvalue weighted by Gasteiger charge is -2.09. The molecule has 3 aromatic rings. The highest BCUT2D eigenvalue weighted by atomic mass is 127. The Morgan fingerprint density at radius 3 is 2.86 bits per heavy atom. The van der Waals surface area contributed by atoms with Gasteiger partial charge in [-0.05, 0) is 71.8 Å². The number of carbonyl (C=O) groups excluding carboxylic acids is 2. The van der Waals surface area contributed by atoms with Gasteiger partial charge in [0.05, 0.1) is 10.2 Å². The Labute approximate surface area is 185 Å². The third-order valence-corrected chi connectivity index (χ3v) is 6.79. The van der Waals surface area contributed by atoms with Gasteiger partial charge in [-0.3, -0.25) is 9.59 Å². The number of aryl methyl sites for hydroxylation is 1. The Bertz CT molecular complexity index is 957. The molecule has 1 N–H and O–H groups in total. The number of amides is 1. The first-order valence-corrected chi connectivity index (χ1v) is 11.6. The molecule has 146 valence electrons.